The second-order valence-electron chi connectivity index (χ2n) is 6.00. The minimum Gasteiger partial charge on any atom is -0.492 e. The number of imidazole rings is 1. The molecule has 3 rings (SSSR count). The number of carbonyl (C=O) groups excluding carboxylic acids is 1. The Bertz CT molecular complexity index is 1080. The first-order valence-corrected chi connectivity index (χ1v) is 9.97. The topological polar surface area (TPSA) is 81.0 Å². The molecule has 27 heavy (non-hydrogen) atoms. The first-order valence-electron chi connectivity index (χ1n) is 8.08. The molecule has 0 fully saturated rings. The van der Waals surface area contributed by atoms with Crippen LogP contribution in [-0.4, -0.2) is 55.1 Å². The molecule has 2 heterocycles. The summed E-state index contributed by atoms with van der Waals surface area (Å²) in [5.41, 5.74) is 0.467. The van der Waals surface area contributed by atoms with E-state index in [9.17, 15) is 17.6 Å². The van der Waals surface area contributed by atoms with Crippen LogP contribution in [0.25, 0.3) is 5.52 Å². The largest absolute Gasteiger partial charge is 0.492 e. The number of nitrogens with zero attached hydrogens (tertiary/aromatic N) is 3. The van der Waals surface area contributed by atoms with Gasteiger partial charge in [0.2, 0.25) is 15.0 Å². The van der Waals surface area contributed by atoms with Gasteiger partial charge in [-0.1, -0.05) is 6.07 Å². The van der Waals surface area contributed by atoms with Gasteiger partial charge in [0.25, 0.3) is 5.91 Å². The molecule has 0 spiro atoms. The van der Waals surface area contributed by atoms with Gasteiger partial charge in [0.15, 0.2) is 5.69 Å². The van der Waals surface area contributed by atoms with Gasteiger partial charge < -0.3 is 9.64 Å². The third-order valence-corrected chi connectivity index (χ3v) is 4.86. The highest BCUT2D eigenvalue weighted by Crippen LogP contribution is 2.18. The number of hydrogen-bond donors (Lipinski definition) is 0. The van der Waals surface area contributed by atoms with Gasteiger partial charge in [-0.2, -0.15) is 0 Å². The van der Waals surface area contributed by atoms with Gasteiger partial charge >= 0.3 is 0 Å². The van der Waals surface area contributed by atoms with Crippen LogP contribution in [0.1, 0.15) is 10.5 Å². The molecule has 142 valence electrons. The lowest BCUT2D eigenvalue weighted by molar-refractivity contribution is 0.0770. The monoisotopic (exact) mass is 391 g/mol. The number of ether oxygens (including phenoxy) is 1. The van der Waals surface area contributed by atoms with Crippen molar-refractivity contribution < 1.29 is 22.3 Å². The van der Waals surface area contributed by atoms with Crippen molar-refractivity contribution in [3.05, 3.63) is 60.2 Å². The molecule has 0 atom stereocenters. The van der Waals surface area contributed by atoms with Crippen molar-refractivity contribution in [2.75, 3.05) is 26.5 Å². The lowest BCUT2D eigenvalue weighted by Gasteiger charge is -2.16. The standard InChI is InChI=1S/C18H18FN3O4S/c1-21(11-12-26-14-8-6-13(19)7-9-14)17(23)16-15-5-3-4-10-22(15)18(20-16)27(2,24)25/h3-10H,11-12H2,1-2H3. The lowest BCUT2D eigenvalue weighted by Crippen LogP contribution is -2.31. The number of hydrogen-bond acceptors (Lipinski definition) is 5. The van der Waals surface area contributed by atoms with E-state index in [4.69, 9.17) is 4.74 Å². The molecule has 0 unspecified atom stereocenters. The number of pyridine rings is 1. The van der Waals surface area contributed by atoms with Crippen molar-refractivity contribution in [2.24, 2.45) is 0 Å². The van der Waals surface area contributed by atoms with Gasteiger partial charge in [-0.3, -0.25) is 9.20 Å². The average molecular weight is 391 g/mol. The van der Waals surface area contributed by atoms with Crippen LogP contribution in [0.15, 0.2) is 53.8 Å². The molecule has 0 bridgehead atoms. The zero-order chi connectivity index (χ0) is 19.6. The Morgan fingerprint density at radius 2 is 1.93 bits per heavy atom. The van der Waals surface area contributed by atoms with Crippen LogP contribution in [0.5, 0.6) is 5.75 Å². The average Bonchev–Trinajstić information content (AvgIpc) is 3.02. The second-order valence-corrected chi connectivity index (χ2v) is 7.91. The molecule has 0 N–H and O–H groups in total. The molecule has 0 aliphatic heterocycles. The van der Waals surface area contributed by atoms with Gasteiger partial charge in [0.05, 0.1) is 12.1 Å². The van der Waals surface area contributed by atoms with Crippen LogP contribution in [0.4, 0.5) is 4.39 Å². The number of fused-ring (bicyclic) bond motifs is 1. The Kier molecular flexibility index (Phi) is 5.13. The van der Waals surface area contributed by atoms with Gasteiger partial charge in [-0.25, -0.2) is 17.8 Å². The second kappa shape index (κ2) is 7.36. The number of benzene rings is 1. The molecule has 9 heteroatoms. The minimum atomic E-state index is -3.60. The third kappa shape index (κ3) is 4.08. The fourth-order valence-corrected chi connectivity index (χ4v) is 3.32. The van der Waals surface area contributed by atoms with Gasteiger partial charge in [-0.15, -0.1) is 0 Å². The Hall–Kier alpha value is -2.94. The first-order chi connectivity index (χ1) is 12.8. The Balaban J connectivity index is 1.76. The Labute approximate surface area is 155 Å². The quantitative estimate of drug-likeness (QED) is 0.642. The van der Waals surface area contributed by atoms with Crippen molar-refractivity contribution in [2.45, 2.75) is 5.16 Å². The zero-order valence-electron chi connectivity index (χ0n) is 14.8. The molecule has 7 nitrogen and oxygen atoms in total. The molecular formula is C18H18FN3O4S. The highest BCUT2D eigenvalue weighted by molar-refractivity contribution is 7.90. The number of amides is 1. The summed E-state index contributed by atoms with van der Waals surface area (Å²) in [5, 5.41) is -0.183. The maximum atomic E-state index is 12.9. The number of rotatable bonds is 6. The van der Waals surface area contributed by atoms with E-state index >= 15 is 0 Å². The number of sulfone groups is 1. The number of halogens is 1. The van der Waals surface area contributed by atoms with Crippen molar-refractivity contribution >= 4 is 21.3 Å². The van der Waals surface area contributed by atoms with Crippen LogP contribution in [-0.2, 0) is 9.84 Å². The van der Waals surface area contributed by atoms with E-state index in [-0.39, 0.29) is 29.8 Å². The highest BCUT2D eigenvalue weighted by atomic mass is 32.2. The highest BCUT2D eigenvalue weighted by Gasteiger charge is 2.24. The number of aromatic nitrogens is 2. The fraction of sp³-hybridized carbons (Fsp3) is 0.222. The summed E-state index contributed by atoms with van der Waals surface area (Å²) >= 11 is 0. The van der Waals surface area contributed by atoms with Crippen molar-refractivity contribution in [3.8, 4) is 5.75 Å². The maximum absolute atomic E-state index is 12.9. The van der Waals surface area contributed by atoms with E-state index < -0.39 is 15.7 Å². The smallest absolute Gasteiger partial charge is 0.274 e. The molecule has 0 saturated carbocycles. The van der Waals surface area contributed by atoms with Crippen molar-refractivity contribution in [1.82, 2.24) is 14.3 Å². The van der Waals surface area contributed by atoms with Crippen LogP contribution in [0.2, 0.25) is 0 Å². The van der Waals surface area contributed by atoms with E-state index in [0.717, 1.165) is 6.26 Å². The molecule has 0 saturated heterocycles. The van der Waals surface area contributed by atoms with Crippen molar-refractivity contribution in [3.63, 3.8) is 0 Å². The van der Waals surface area contributed by atoms with Crippen LogP contribution >= 0.6 is 0 Å². The predicted octanol–water partition coefficient (Wildman–Crippen LogP) is 2.03. The predicted molar refractivity (Wildman–Crippen MR) is 97.2 cm³/mol. The fourth-order valence-electron chi connectivity index (χ4n) is 2.54. The summed E-state index contributed by atoms with van der Waals surface area (Å²) in [6, 6.07) is 10.6. The molecule has 1 amide bonds. The molecule has 0 radical (unpaired) electrons. The Morgan fingerprint density at radius 1 is 1.22 bits per heavy atom. The molecule has 2 aromatic heterocycles. The molecule has 0 aliphatic carbocycles. The van der Waals surface area contributed by atoms with Crippen LogP contribution < -0.4 is 4.74 Å². The van der Waals surface area contributed by atoms with Gasteiger partial charge in [0, 0.05) is 19.5 Å². The zero-order valence-corrected chi connectivity index (χ0v) is 15.6. The maximum Gasteiger partial charge on any atom is 0.274 e. The van der Waals surface area contributed by atoms with Crippen LogP contribution in [0, 0.1) is 5.82 Å². The molecule has 0 aliphatic rings. The molecular weight excluding hydrogens is 373 g/mol. The normalized spacial score (nSPS) is 11.5. The number of carbonyl (C=O) groups is 1. The SMILES string of the molecule is CN(CCOc1ccc(F)cc1)C(=O)c1nc(S(C)(=O)=O)n2ccccc12. The summed E-state index contributed by atoms with van der Waals surface area (Å²) in [6.45, 7) is 0.439. The third-order valence-electron chi connectivity index (χ3n) is 3.91. The summed E-state index contributed by atoms with van der Waals surface area (Å²) in [4.78, 5) is 18.2. The minimum absolute atomic E-state index is 0.0558. The summed E-state index contributed by atoms with van der Waals surface area (Å²) in [5.74, 6) is -0.289. The first kappa shape index (κ1) is 18.8. The number of likely N-dealkylation sites (N-methyl/N-ethyl adjacent to an activating group) is 1. The summed E-state index contributed by atoms with van der Waals surface area (Å²) in [7, 11) is -2.02. The van der Waals surface area contributed by atoms with E-state index in [0.29, 0.717) is 11.3 Å². The lowest BCUT2D eigenvalue weighted by atomic mass is 10.3. The Morgan fingerprint density at radius 3 is 2.59 bits per heavy atom. The van der Waals surface area contributed by atoms with E-state index in [2.05, 4.69) is 4.98 Å². The van der Waals surface area contributed by atoms with E-state index in [1.165, 1.54) is 33.6 Å². The molecule has 3 aromatic rings. The van der Waals surface area contributed by atoms with Crippen LogP contribution in [0.3, 0.4) is 0 Å². The van der Waals surface area contributed by atoms with E-state index in [1.807, 2.05) is 0 Å². The van der Waals surface area contributed by atoms with E-state index in [1.54, 1.807) is 31.4 Å². The van der Waals surface area contributed by atoms with Gasteiger partial charge in [-0.05, 0) is 36.4 Å². The summed E-state index contributed by atoms with van der Waals surface area (Å²) in [6.07, 6.45) is 2.59. The molecule has 1 aromatic carbocycles. The summed E-state index contributed by atoms with van der Waals surface area (Å²) < 4.78 is 43.6. The van der Waals surface area contributed by atoms with Crippen molar-refractivity contribution in [1.29, 1.82) is 0 Å². The van der Waals surface area contributed by atoms with Gasteiger partial charge in [0.1, 0.15) is 18.2 Å².